The van der Waals surface area contributed by atoms with Crippen molar-refractivity contribution in [2.75, 3.05) is 0 Å². The maximum atomic E-state index is 12.8. The normalized spacial score (nSPS) is 10.8. The molecule has 2 aromatic rings. The number of phenols is 2. The summed E-state index contributed by atoms with van der Waals surface area (Å²) in [4.78, 5) is 12.8. The van der Waals surface area contributed by atoms with E-state index in [9.17, 15) is 15.0 Å². The van der Waals surface area contributed by atoms with Gasteiger partial charge in [0.2, 0.25) is 0 Å². The van der Waals surface area contributed by atoms with Gasteiger partial charge in [-0.25, -0.2) is 0 Å². The highest BCUT2D eigenvalue weighted by Crippen LogP contribution is 2.25. The van der Waals surface area contributed by atoms with E-state index in [0.29, 0.717) is 11.1 Å². The van der Waals surface area contributed by atoms with Crippen molar-refractivity contribution in [3.05, 3.63) is 58.7 Å². The lowest BCUT2D eigenvalue weighted by molar-refractivity contribution is 0.103. The lowest BCUT2D eigenvalue weighted by atomic mass is 9.96. The topological polar surface area (TPSA) is 57.5 Å². The number of hydrogen-bond acceptors (Lipinski definition) is 3. The van der Waals surface area contributed by atoms with Crippen LogP contribution in [0, 0.1) is 0 Å². The molecule has 2 rings (SSSR count). The van der Waals surface area contributed by atoms with Crippen LogP contribution in [0.15, 0.2) is 36.4 Å². The molecule has 0 unspecified atom stereocenters. The molecule has 0 spiro atoms. The minimum atomic E-state index is -0.0782. The number of aromatic hydroxyl groups is 2. The quantitative estimate of drug-likeness (QED) is 0.670. The maximum Gasteiger partial charge on any atom is 0.193 e. The van der Waals surface area contributed by atoms with Gasteiger partial charge < -0.3 is 10.2 Å². The maximum absolute atomic E-state index is 12.8. The standard InChI is InChI=1S/C21H26O3/c1-3-5-7-15-13-17(9-11-19(15)22)21(24)18-10-12-20(23)16(14-18)8-6-4-2/h9-14,22-23H,3-8H2,1-2H3. The van der Waals surface area contributed by atoms with Crippen molar-refractivity contribution in [2.45, 2.75) is 52.4 Å². The summed E-state index contributed by atoms with van der Waals surface area (Å²) in [6.45, 7) is 4.20. The zero-order chi connectivity index (χ0) is 17.5. The van der Waals surface area contributed by atoms with E-state index < -0.39 is 0 Å². The highest BCUT2D eigenvalue weighted by Gasteiger charge is 2.13. The molecule has 0 atom stereocenters. The van der Waals surface area contributed by atoms with E-state index in [2.05, 4.69) is 13.8 Å². The lowest BCUT2D eigenvalue weighted by Crippen LogP contribution is -2.03. The predicted octanol–water partition coefficient (Wildman–Crippen LogP) is 5.01. The molecule has 128 valence electrons. The Hall–Kier alpha value is -2.29. The van der Waals surface area contributed by atoms with Crippen molar-refractivity contribution in [3.8, 4) is 11.5 Å². The molecule has 0 heterocycles. The van der Waals surface area contributed by atoms with Crippen LogP contribution in [0.4, 0.5) is 0 Å². The van der Waals surface area contributed by atoms with Crippen molar-refractivity contribution in [1.29, 1.82) is 0 Å². The van der Waals surface area contributed by atoms with E-state index in [4.69, 9.17) is 0 Å². The first-order chi connectivity index (χ1) is 11.6. The van der Waals surface area contributed by atoms with Crippen LogP contribution in [-0.4, -0.2) is 16.0 Å². The molecule has 0 saturated carbocycles. The number of unbranched alkanes of at least 4 members (excludes halogenated alkanes) is 2. The van der Waals surface area contributed by atoms with Gasteiger partial charge in [-0.05, 0) is 73.2 Å². The van der Waals surface area contributed by atoms with Crippen LogP contribution in [-0.2, 0) is 12.8 Å². The van der Waals surface area contributed by atoms with Crippen LogP contribution >= 0.6 is 0 Å². The molecule has 3 nitrogen and oxygen atoms in total. The Morgan fingerprint density at radius 3 is 1.58 bits per heavy atom. The number of phenolic OH excluding ortho intramolecular Hbond substituents is 2. The molecule has 0 aliphatic carbocycles. The molecular formula is C21H26O3. The predicted molar refractivity (Wildman–Crippen MR) is 96.9 cm³/mol. The van der Waals surface area contributed by atoms with E-state index in [1.807, 2.05) is 0 Å². The molecule has 2 N–H and O–H groups in total. The molecule has 0 aromatic heterocycles. The number of hydrogen-bond donors (Lipinski definition) is 2. The van der Waals surface area contributed by atoms with Gasteiger partial charge in [0.15, 0.2) is 5.78 Å². The third kappa shape index (κ3) is 4.38. The van der Waals surface area contributed by atoms with E-state index in [1.54, 1.807) is 36.4 Å². The molecule has 0 bridgehead atoms. The summed E-state index contributed by atoms with van der Waals surface area (Å²) in [5, 5.41) is 19.9. The fourth-order valence-corrected chi connectivity index (χ4v) is 2.76. The Kier molecular flexibility index (Phi) is 6.42. The molecule has 0 saturated heterocycles. The van der Waals surface area contributed by atoms with Gasteiger partial charge in [-0.15, -0.1) is 0 Å². The van der Waals surface area contributed by atoms with Crippen molar-refractivity contribution in [1.82, 2.24) is 0 Å². The van der Waals surface area contributed by atoms with Gasteiger partial charge in [-0.3, -0.25) is 4.79 Å². The zero-order valence-corrected chi connectivity index (χ0v) is 14.5. The van der Waals surface area contributed by atoms with Crippen molar-refractivity contribution >= 4 is 5.78 Å². The molecule has 2 aromatic carbocycles. The average Bonchev–Trinajstić information content (AvgIpc) is 2.59. The average molecular weight is 326 g/mol. The Balaban J connectivity index is 2.28. The van der Waals surface area contributed by atoms with Crippen molar-refractivity contribution in [3.63, 3.8) is 0 Å². The summed E-state index contributed by atoms with van der Waals surface area (Å²) in [5.41, 5.74) is 2.78. The zero-order valence-electron chi connectivity index (χ0n) is 14.5. The largest absolute Gasteiger partial charge is 0.508 e. The van der Waals surface area contributed by atoms with Crippen molar-refractivity contribution in [2.24, 2.45) is 0 Å². The van der Waals surface area contributed by atoms with Gasteiger partial charge in [0.05, 0.1) is 0 Å². The summed E-state index contributed by atoms with van der Waals surface area (Å²) in [7, 11) is 0. The Morgan fingerprint density at radius 2 is 1.21 bits per heavy atom. The highest BCUT2D eigenvalue weighted by atomic mass is 16.3. The van der Waals surface area contributed by atoms with Gasteiger partial charge >= 0.3 is 0 Å². The van der Waals surface area contributed by atoms with Crippen molar-refractivity contribution < 1.29 is 15.0 Å². The smallest absolute Gasteiger partial charge is 0.193 e. The Labute approximate surface area is 144 Å². The van der Waals surface area contributed by atoms with E-state index in [0.717, 1.165) is 49.7 Å². The van der Waals surface area contributed by atoms with E-state index in [1.165, 1.54) is 0 Å². The fraction of sp³-hybridized carbons (Fsp3) is 0.381. The van der Waals surface area contributed by atoms with E-state index in [-0.39, 0.29) is 17.3 Å². The Morgan fingerprint density at radius 1 is 0.792 bits per heavy atom. The van der Waals surface area contributed by atoms with Crippen LogP contribution in [0.3, 0.4) is 0 Å². The van der Waals surface area contributed by atoms with Crippen LogP contribution in [0.5, 0.6) is 11.5 Å². The number of rotatable bonds is 8. The molecule has 0 aliphatic rings. The van der Waals surface area contributed by atoms with Crippen LogP contribution < -0.4 is 0 Å². The SMILES string of the molecule is CCCCc1cc(C(=O)c2ccc(O)c(CCCC)c2)ccc1O. The minimum Gasteiger partial charge on any atom is -0.508 e. The first-order valence-corrected chi connectivity index (χ1v) is 8.75. The van der Waals surface area contributed by atoms with E-state index >= 15 is 0 Å². The molecule has 0 fully saturated rings. The second kappa shape index (κ2) is 8.53. The van der Waals surface area contributed by atoms with Gasteiger partial charge in [0.25, 0.3) is 0 Å². The molecule has 0 radical (unpaired) electrons. The van der Waals surface area contributed by atoms with Gasteiger partial charge in [0.1, 0.15) is 11.5 Å². The number of carbonyl (C=O) groups excluding carboxylic acids is 1. The molecule has 24 heavy (non-hydrogen) atoms. The third-order valence-electron chi connectivity index (χ3n) is 4.28. The minimum absolute atomic E-state index is 0.0782. The van der Waals surface area contributed by atoms with Gasteiger partial charge in [-0.1, -0.05) is 26.7 Å². The third-order valence-corrected chi connectivity index (χ3v) is 4.28. The van der Waals surface area contributed by atoms with Gasteiger partial charge in [-0.2, -0.15) is 0 Å². The highest BCUT2D eigenvalue weighted by molar-refractivity contribution is 6.09. The summed E-state index contributed by atoms with van der Waals surface area (Å²) in [6, 6.07) is 10.1. The number of ketones is 1. The van der Waals surface area contributed by atoms with Crippen LogP contribution in [0.2, 0.25) is 0 Å². The van der Waals surface area contributed by atoms with Crippen LogP contribution in [0.25, 0.3) is 0 Å². The number of aryl methyl sites for hydroxylation is 2. The second-order valence-electron chi connectivity index (χ2n) is 6.22. The first kappa shape index (κ1) is 18.1. The summed E-state index contributed by atoms with van der Waals surface area (Å²) < 4.78 is 0. The van der Waals surface area contributed by atoms with Gasteiger partial charge in [0, 0.05) is 11.1 Å². The summed E-state index contributed by atoms with van der Waals surface area (Å²) in [5.74, 6) is 0.411. The van der Waals surface area contributed by atoms with Crippen LogP contribution in [0.1, 0.15) is 66.6 Å². The lowest BCUT2D eigenvalue weighted by Gasteiger charge is -2.09. The Bertz CT molecular complexity index is 645. The molecular weight excluding hydrogens is 300 g/mol. The monoisotopic (exact) mass is 326 g/mol. The number of carbonyl (C=O) groups is 1. The molecule has 3 heteroatoms. The summed E-state index contributed by atoms with van der Waals surface area (Å²) in [6.07, 6.45) is 5.56. The number of benzene rings is 2. The summed E-state index contributed by atoms with van der Waals surface area (Å²) >= 11 is 0. The first-order valence-electron chi connectivity index (χ1n) is 8.75. The molecule has 0 amide bonds. The fourth-order valence-electron chi connectivity index (χ4n) is 2.76. The second-order valence-corrected chi connectivity index (χ2v) is 6.22. The molecule has 0 aliphatic heterocycles.